The summed E-state index contributed by atoms with van der Waals surface area (Å²) >= 11 is 14.6. The summed E-state index contributed by atoms with van der Waals surface area (Å²) in [6, 6.07) is 34.2. The number of halogens is 4. The molecule has 0 saturated carbocycles. The molecule has 4 aromatic rings. The predicted octanol–water partition coefficient (Wildman–Crippen LogP) is 14.1. The van der Waals surface area contributed by atoms with Gasteiger partial charge in [-0.15, -0.1) is 0 Å². The second-order valence-electron chi connectivity index (χ2n) is 14.6. The summed E-state index contributed by atoms with van der Waals surface area (Å²) in [4.78, 5) is 0. The predicted molar refractivity (Wildman–Crippen MR) is 253 cm³/mol. The molecule has 0 amide bonds. The Morgan fingerprint density at radius 2 is 0.625 bits per heavy atom. The van der Waals surface area contributed by atoms with Crippen LogP contribution in [0.4, 0.5) is 0 Å². The van der Waals surface area contributed by atoms with Gasteiger partial charge in [0.15, 0.2) is 0 Å². The first kappa shape index (κ1) is 48.4. The maximum absolute atomic E-state index is 5.44. The van der Waals surface area contributed by atoms with Gasteiger partial charge in [0.2, 0.25) is 0 Å². The molecule has 0 aliphatic carbocycles. The van der Waals surface area contributed by atoms with Crippen LogP contribution in [0.25, 0.3) is 0 Å². The molecule has 0 bridgehead atoms. The van der Waals surface area contributed by atoms with Crippen molar-refractivity contribution in [1.29, 1.82) is 0 Å². The number of hydrogen-bond acceptors (Lipinski definition) is 4. The van der Waals surface area contributed by atoms with E-state index in [-0.39, 0.29) is 0 Å². The van der Waals surface area contributed by atoms with Crippen LogP contribution < -0.4 is 18.9 Å². The Balaban J connectivity index is 0.000000300. The van der Waals surface area contributed by atoms with Gasteiger partial charge in [-0.2, -0.15) is 0 Å². The minimum absolute atomic E-state index is 0.632. The smallest absolute Gasteiger partial charge is 0.119 e. The summed E-state index contributed by atoms with van der Waals surface area (Å²) in [6.07, 6.45) is 14.2. The topological polar surface area (TPSA) is 36.9 Å². The minimum atomic E-state index is 0.632. The van der Waals surface area contributed by atoms with Crippen molar-refractivity contribution in [2.45, 2.75) is 77.0 Å². The molecule has 0 spiro atoms. The molecule has 4 nitrogen and oxygen atoms in total. The van der Waals surface area contributed by atoms with Gasteiger partial charge >= 0.3 is 0 Å². The van der Waals surface area contributed by atoms with E-state index >= 15 is 0 Å². The number of rotatable bonds is 26. The first-order valence-corrected chi connectivity index (χ1v) is 24.6. The van der Waals surface area contributed by atoms with E-state index < -0.39 is 0 Å². The van der Waals surface area contributed by atoms with Crippen LogP contribution in [0, 0.1) is 23.7 Å². The number of benzene rings is 4. The van der Waals surface area contributed by atoms with Crippen molar-refractivity contribution in [2.75, 3.05) is 49.8 Å². The van der Waals surface area contributed by atoms with Crippen molar-refractivity contribution >= 4 is 63.7 Å². The highest BCUT2D eigenvalue weighted by molar-refractivity contribution is 9.09. The van der Waals surface area contributed by atoms with Crippen molar-refractivity contribution in [3.63, 3.8) is 0 Å². The van der Waals surface area contributed by atoms with Gasteiger partial charge in [-0.1, -0.05) is 125 Å². The number of ether oxygens (including phenoxy) is 4. The van der Waals surface area contributed by atoms with Gasteiger partial charge in [0.05, 0.1) is 28.4 Å². The maximum Gasteiger partial charge on any atom is 0.119 e. The van der Waals surface area contributed by atoms with Gasteiger partial charge in [-0.25, -0.2) is 0 Å². The second kappa shape index (κ2) is 29.2. The van der Waals surface area contributed by atoms with Crippen LogP contribution in [0.1, 0.15) is 73.6 Å². The molecule has 0 heterocycles. The Bertz CT molecular complexity index is 1500. The van der Waals surface area contributed by atoms with E-state index in [0.29, 0.717) is 23.7 Å². The molecule has 0 N–H and O–H groups in total. The number of methoxy groups -OCH3 is 4. The van der Waals surface area contributed by atoms with E-state index in [0.717, 1.165) is 70.0 Å². The third kappa shape index (κ3) is 18.3. The summed E-state index contributed by atoms with van der Waals surface area (Å²) in [6.45, 7) is 0. The average Bonchev–Trinajstić information content (AvgIpc) is 3.23. The molecule has 4 atom stereocenters. The Morgan fingerprint density at radius 1 is 0.357 bits per heavy atom. The quantitative estimate of drug-likeness (QED) is 0.0464. The zero-order valence-corrected chi connectivity index (χ0v) is 40.3. The summed E-state index contributed by atoms with van der Waals surface area (Å²) in [7, 11) is 6.95. The van der Waals surface area contributed by atoms with E-state index in [1.54, 1.807) is 28.4 Å². The number of unbranched alkanes of at least 4 members (excludes halogenated alkanes) is 2. The van der Waals surface area contributed by atoms with E-state index in [4.69, 9.17) is 18.9 Å². The molecule has 4 rings (SSSR count). The van der Waals surface area contributed by atoms with Crippen LogP contribution in [-0.4, -0.2) is 49.8 Å². The second-order valence-corrected chi connectivity index (χ2v) is 17.8. The average molecular weight is 1020 g/mol. The van der Waals surface area contributed by atoms with E-state index in [1.807, 2.05) is 24.3 Å². The summed E-state index contributed by atoms with van der Waals surface area (Å²) in [5.74, 6) is 6.34. The SMILES string of the molecule is COc1cccc(C[C@@H](CCBr)[C@H](CCCCBr)Cc2cccc(OC)c2)c1.COc1cccc(C[C@H](CCBr)[C@@H](CCCCBr)Cc2cccc(OC)c2)c1. The molecule has 0 radical (unpaired) electrons. The van der Waals surface area contributed by atoms with Gasteiger partial charge in [0.1, 0.15) is 23.0 Å². The van der Waals surface area contributed by atoms with Crippen LogP contribution in [0.2, 0.25) is 0 Å². The minimum Gasteiger partial charge on any atom is -0.497 e. The molecule has 0 aliphatic heterocycles. The lowest BCUT2D eigenvalue weighted by Crippen LogP contribution is -2.21. The largest absolute Gasteiger partial charge is 0.497 e. The molecule has 56 heavy (non-hydrogen) atoms. The molecule has 8 heteroatoms. The molecule has 0 saturated heterocycles. The molecular formula is C48H64Br4O4. The number of hydrogen-bond donors (Lipinski definition) is 0. The Labute approximate surface area is 372 Å². The van der Waals surface area contributed by atoms with Gasteiger partial charge < -0.3 is 18.9 Å². The molecule has 0 aromatic heterocycles. The third-order valence-electron chi connectivity index (χ3n) is 10.7. The van der Waals surface area contributed by atoms with Gasteiger partial charge in [-0.05, 0) is 159 Å². The van der Waals surface area contributed by atoms with Crippen molar-refractivity contribution < 1.29 is 18.9 Å². The highest BCUT2D eigenvalue weighted by atomic mass is 79.9. The summed E-state index contributed by atoms with van der Waals surface area (Å²) in [5.41, 5.74) is 5.46. The van der Waals surface area contributed by atoms with E-state index in [1.165, 1.54) is 73.6 Å². The lowest BCUT2D eigenvalue weighted by atomic mass is 9.78. The first-order chi connectivity index (χ1) is 27.4. The highest BCUT2D eigenvalue weighted by Crippen LogP contribution is 2.33. The van der Waals surface area contributed by atoms with Crippen molar-refractivity contribution in [3.05, 3.63) is 119 Å². The molecule has 0 unspecified atom stereocenters. The third-order valence-corrected chi connectivity index (χ3v) is 12.8. The van der Waals surface area contributed by atoms with Gasteiger partial charge in [0, 0.05) is 21.3 Å². The summed E-state index contributed by atoms with van der Waals surface area (Å²) < 4.78 is 21.7. The van der Waals surface area contributed by atoms with Crippen molar-refractivity contribution in [2.24, 2.45) is 23.7 Å². The van der Waals surface area contributed by atoms with Crippen LogP contribution in [0.15, 0.2) is 97.1 Å². The lowest BCUT2D eigenvalue weighted by molar-refractivity contribution is 0.294. The molecular weight excluding hydrogens is 960 g/mol. The van der Waals surface area contributed by atoms with Gasteiger partial charge in [0.25, 0.3) is 0 Å². The van der Waals surface area contributed by atoms with Crippen LogP contribution in [0.5, 0.6) is 23.0 Å². The zero-order chi connectivity index (χ0) is 40.4. The van der Waals surface area contributed by atoms with Crippen molar-refractivity contribution in [3.8, 4) is 23.0 Å². The fourth-order valence-electron chi connectivity index (χ4n) is 7.71. The highest BCUT2D eigenvalue weighted by Gasteiger charge is 2.24. The fourth-order valence-corrected chi connectivity index (χ4v) is 9.68. The maximum atomic E-state index is 5.44. The zero-order valence-electron chi connectivity index (χ0n) is 34.0. The molecule has 308 valence electrons. The standard InChI is InChI=1S/2C24H32Br2O2/c2*1-27-23-10-5-7-19(17-23)15-21(9-3-4-13-25)22(12-14-26)16-20-8-6-11-24(18-20)28-2/h2*5-8,10-11,17-18,21-22H,3-4,9,12-16H2,1-2H3/t2*21-,22-/m10/s1. The first-order valence-electron chi connectivity index (χ1n) is 20.2. The van der Waals surface area contributed by atoms with Crippen LogP contribution in [0.3, 0.4) is 0 Å². The van der Waals surface area contributed by atoms with Gasteiger partial charge in [-0.3, -0.25) is 0 Å². The summed E-state index contributed by atoms with van der Waals surface area (Å²) in [5, 5.41) is 4.24. The molecule has 0 fully saturated rings. The molecule has 4 aromatic carbocycles. The Morgan fingerprint density at radius 3 is 0.857 bits per heavy atom. The number of alkyl halides is 4. The van der Waals surface area contributed by atoms with E-state index in [9.17, 15) is 0 Å². The van der Waals surface area contributed by atoms with Crippen LogP contribution in [-0.2, 0) is 25.7 Å². The Kier molecular flexibility index (Phi) is 25.3. The monoisotopic (exact) mass is 1020 g/mol. The fraction of sp³-hybridized carbons (Fsp3) is 0.500. The molecule has 0 aliphatic rings. The lowest BCUT2D eigenvalue weighted by Gasteiger charge is -2.28. The van der Waals surface area contributed by atoms with Crippen LogP contribution >= 0.6 is 63.7 Å². The van der Waals surface area contributed by atoms with E-state index in [2.05, 4.69) is 137 Å². The normalized spacial score (nSPS) is 13.1. The van der Waals surface area contributed by atoms with Crippen molar-refractivity contribution in [1.82, 2.24) is 0 Å². The Hall–Kier alpha value is -2.00.